The minimum atomic E-state index is -0.107. The van der Waals surface area contributed by atoms with Crippen LogP contribution < -0.4 is 10.1 Å². The van der Waals surface area contributed by atoms with Crippen LogP contribution in [0.5, 0.6) is 5.75 Å². The van der Waals surface area contributed by atoms with Gasteiger partial charge in [0, 0.05) is 17.6 Å². The maximum absolute atomic E-state index is 12.0. The Balaban J connectivity index is 1.54. The quantitative estimate of drug-likeness (QED) is 0.685. The molecule has 1 N–H and O–H groups in total. The monoisotopic (exact) mass is 355 g/mol. The number of carbonyl (C=O) groups excluding carboxylic acids is 1. The Morgan fingerprint density at radius 2 is 1.96 bits per heavy atom. The molecule has 1 amide bonds. The third kappa shape index (κ3) is 4.36. The number of hydrogen-bond acceptors (Lipinski definition) is 6. The normalized spacial score (nSPS) is 10.5. The van der Waals surface area contributed by atoms with Crippen LogP contribution in [0.1, 0.15) is 5.69 Å². The van der Waals surface area contributed by atoms with Gasteiger partial charge in [0.05, 0.1) is 12.9 Å². The summed E-state index contributed by atoms with van der Waals surface area (Å²) < 4.78 is 6.79. The number of methoxy groups -OCH3 is 1. The zero-order valence-corrected chi connectivity index (χ0v) is 14.7. The Morgan fingerprint density at radius 3 is 2.56 bits per heavy atom. The van der Waals surface area contributed by atoms with Crippen molar-refractivity contribution in [3.8, 4) is 11.6 Å². The molecule has 128 valence electrons. The van der Waals surface area contributed by atoms with Gasteiger partial charge >= 0.3 is 0 Å². The van der Waals surface area contributed by atoms with Crippen LogP contribution in [0.25, 0.3) is 5.82 Å². The third-order valence-electron chi connectivity index (χ3n) is 3.40. The number of anilines is 1. The number of aryl methyl sites for hydroxylation is 1. The average molecular weight is 355 g/mol. The molecule has 0 atom stereocenters. The van der Waals surface area contributed by atoms with Gasteiger partial charge in [-0.2, -0.15) is 5.10 Å². The Kier molecular flexibility index (Phi) is 5.30. The molecule has 8 heteroatoms. The van der Waals surface area contributed by atoms with Crippen molar-refractivity contribution in [3.05, 3.63) is 54.4 Å². The molecular weight excluding hydrogens is 338 g/mol. The summed E-state index contributed by atoms with van der Waals surface area (Å²) >= 11 is 1.33. The number of thioether (sulfide) groups is 1. The summed E-state index contributed by atoms with van der Waals surface area (Å²) in [6.45, 7) is 1.95. The van der Waals surface area contributed by atoms with E-state index in [-0.39, 0.29) is 11.7 Å². The van der Waals surface area contributed by atoms with Crippen molar-refractivity contribution in [2.45, 2.75) is 11.9 Å². The van der Waals surface area contributed by atoms with Gasteiger partial charge in [0.1, 0.15) is 10.8 Å². The third-order valence-corrected chi connectivity index (χ3v) is 4.32. The van der Waals surface area contributed by atoms with Gasteiger partial charge < -0.3 is 10.1 Å². The topological polar surface area (TPSA) is 81.9 Å². The zero-order chi connectivity index (χ0) is 17.6. The zero-order valence-electron chi connectivity index (χ0n) is 13.8. The molecule has 0 saturated carbocycles. The largest absolute Gasteiger partial charge is 0.497 e. The number of hydrogen-bond donors (Lipinski definition) is 1. The van der Waals surface area contributed by atoms with E-state index in [1.807, 2.05) is 25.1 Å². The molecular formula is C17H17N5O2S. The van der Waals surface area contributed by atoms with Crippen molar-refractivity contribution in [2.75, 3.05) is 18.2 Å². The highest BCUT2D eigenvalue weighted by molar-refractivity contribution is 7.99. The van der Waals surface area contributed by atoms with Crippen molar-refractivity contribution in [1.29, 1.82) is 0 Å². The molecule has 0 aliphatic rings. The molecule has 0 spiro atoms. The molecule has 0 saturated heterocycles. The Bertz CT molecular complexity index is 846. The molecule has 3 rings (SSSR count). The first-order valence-electron chi connectivity index (χ1n) is 7.57. The fourth-order valence-electron chi connectivity index (χ4n) is 2.12. The summed E-state index contributed by atoms with van der Waals surface area (Å²) in [6, 6.07) is 12.7. The fraction of sp³-hybridized carbons (Fsp3) is 0.176. The van der Waals surface area contributed by atoms with E-state index in [9.17, 15) is 4.79 Å². The molecule has 0 bridgehead atoms. The molecule has 0 aliphatic carbocycles. The summed E-state index contributed by atoms with van der Waals surface area (Å²) in [6.07, 6.45) is 1.71. The maximum atomic E-state index is 12.0. The minimum absolute atomic E-state index is 0.107. The number of ether oxygens (including phenoxy) is 1. The van der Waals surface area contributed by atoms with Gasteiger partial charge in [-0.05, 0) is 49.4 Å². The lowest BCUT2D eigenvalue weighted by atomic mass is 10.3. The summed E-state index contributed by atoms with van der Waals surface area (Å²) in [5, 5.41) is 16.0. The smallest absolute Gasteiger partial charge is 0.234 e. The number of nitrogens with zero attached hydrogens (tertiary/aromatic N) is 4. The highest BCUT2D eigenvalue weighted by atomic mass is 32.2. The van der Waals surface area contributed by atoms with E-state index in [1.54, 1.807) is 42.3 Å². The second-order valence-corrected chi connectivity index (χ2v) is 6.18. The van der Waals surface area contributed by atoms with Crippen LogP contribution >= 0.6 is 11.8 Å². The maximum Gasteiger partial charge on any atom is 0.234 e. The average Bonchev–Trinajstić information content (AvgIpc) is 3.07. The summed E-state index contributed by atoms with van der Waals surface area (Å²) in [4.78, 5) is 12.0. The van der Waals surface area contributed by atoms with Gasteiger partial charge in [0.2, 0.25) is 5.91 Å². The first-order chi connectivity index (χ1) is 12.2. The predicted molar refractivity (Wildman–Crippen MR) is 96.2 cm³/mol. The Hall–Kier alpha value is -2.87. The number of nitrogens with one attached hydrogen (secondary N) is 1. The van der Waals surface area contributed by atoms with E-state index < -0.39 is 0 Å². The van der Waals surface area contributed by atoms with Crippen LogP contribution in [-0.4, -0.2) is 38.7 Å². The standard InChI is InChI=1S/C17H17N5O2S/c1-12-9-10-18-22(12)15-7-8-17(21-20-15)25-11-16(23)19-13-3-5-14(24-2)6-4-13/h3-10H,11H2,1-2H3,(H,19,23). The van der Waals surface area contributed by atoms with Crippen LogP contribution in [0.4, 0.5) is 5.69 Å². The lowest BCUT2D eigenvalue weighted by Gasteiger charge is -2.06. The Morgan fingerprint density at radius 1 is 1.16 bits per heavy atom. The Labute approximate surface area is 149 Å². The van der Waals surface area contributed by atoms with Gasteiger partial charge in [-0.3, -0.25) is 4.79 Å². The predicted octanol–water partition coefficient (Wildman–Crippen LogP) is 2.71. The van der Waals surface area contributed by atoms with Crippen molar-refractivity contribution in [1.82, 2.24) is 20.0 Å². The van der Waals surface area contributed by atoms with Gasteiger partial charge in [-0.1, -0.05) is 11.8 Å². The second-order valence-electron chi connectivity index (χ2n) is 5.18. The van der Waals surface area contributed by atoms with Crippen molar-refractivity contribution < 1.29 is 9.53 Å². The highest BCUT2D eigenvalue weighted by Crippen LogP contribution is 2.18. The second kappa shape index (κ2) is 7.80. The van der Waals surface area contributed by atoms with Gasteiger partial charge in [0.15, 0.2) is 5.82 Å². The van der Waals surface area contributed by atoms with Crippen molar-refractivity contribution in [2.24, 2.45) is 0 Å². The lowest BCUT2D eigenvalue weighted by Crippen LogP contribution is -2.14. The first kappa shape index (κ1) is 17.0. The van der Waals surface area contributed by atoms with E-state index >= 15 is 0 Å². The first-order valence-corrected chi connectivity index (χ1v) is 8.56. The van der Waals surface area contributed by atoms with E-state index in [0.29, 0.717) is 10.8 Å². The van der Waals surface area contributed by atoms with Crippen LogP contribution in [0.15, 0.2) is 53.7 Å². The van der Waals surface area contributed by atoms with Crippen molar-refractivity contribution in [3.63, 3.8) is 0 Å². The molecule has 25 heavy (non-hydrogen) atoms. The minimum Gasteiger partial charge on any atom is -0.497 e. The van der Waals surface area contributed by atoms with E-state index in [2.05, 4.69) is 20.6 Å². The molecule has 0 fully saturated rings. The lowest BCUT2D eigenvalue weighted by molar-refractivity contribution is -0.113. The summed E-state index contributed by atoms with van der Waals surface area (Å²) in [5.74, 6) is 1.54. The number of aromatic nitrogens is 4. The van der Waals surface area contributed by atoms with Gasteiger partial charge in [0.25, 0.3) is 0 Å². The SMILES string of the molecule is COc1ccc(NC(=O)CSc2ccc(-n3nccc3C)nn2)cc1. The summed E-state index contributed by atoms with van der Waals surface area (Å²) in [5.41, 5.74) is 1.70. The number of benzene rings is 1. The molecule has 2 heterocycles. The number of amides is 1. The molecule has 7 nitrogen and oxygen atoms in total. The van der Waals surface area contributed by atoms with E-state index in [0.717, 1.165) is 17.1 Å². The fourth-order valence-corrected chi connectivity index (χ4v) is 2.74. The number of rotatable bonds is 6. The molecule has 1 aromatic carbocycles. The van der Waals surface area contributed by atoms with Crippen LogP contribution in [0, 0.1) is 6.92 Å². The van der Waals surface area contributed by atoms with Crippen LogP contribution in [0.3, 0.4) is 0 Å². The molecule has 2 aromatic heterocycles. The van der Waals surface area contributed by atoms with E-state index in [1.165, 1.54) is 11.8 Å². The number of carbonyl (C=O) groups is 1. The van der Waals surface area contributed by atoms with Gasteiger partial charge in [-0.25, -0.2) is 4.68 Å². The molecule has 0 radical (unpaired) electrons. The van der Waals surface area contributed by atoms with Gasteiger partial charge in [-0.15, -0.1) is 10.2 Å². The molecule has 0 unspecified atom stereocenters. The summed E-state index contributed by atoms with van der Waals surface area (Å²) in [7, 11) is 1.60. The highest BCUT2D eigenvalue weighted by Gasteiger charge is 2.07. The molecule has 3 aromatic rings. The van der Waals surface area contributed by atoms with Crippen molar-refractivity contribution >= 4 is 23.4 Å². The van der Waals surface area contributed by atoms with Crippen LogP contribution in [-0.2, 0) is 4.79 Å². The molecule has 0 aliphatic heterocycles. The van der Waals surface area contributed by atoms with E-state index in [4.69, 9.17) is 4.74 Å². The van der Waals surface area contributed by atoms with Crippen LogP contribution in [0.2, 0.25) is 0 Å².